The largest absolute Gasteiger partial charge is 0.486 e. The number of aromatic nitrogens is 1. The number of ether oxygens (including phenoxy) is 2. The lowest BCUT2D eigenvalue weighted by molar-refractivity contribution is -0.143. The summed E-state index contributed by atoms with van der Waals surface area (Å²) in [4.78, 5) is 30.5. The van der Waals surface area contributed by atoms with E-state index in [-0.39, 0.29) is 18.1 Å². The van der Waals surface area contributed by atoms with Crippen molar-refractivity contribution < 1.29 is 24.2 Å². The molecule has 38 heavy (non-hydrogen) atoms. The van der Waals surface area contributed by atoms with Crippen LogP contribution < -0.4 is 19.7 Å². The van der Waals surface area contributed by atoms with Crippen LogP contribution in [0.4, 0.5) is 16.2 Å². The number of nitrogens with zero attached hydrogens (tertiary/aromatic N) is 2. The van der Waals surface area contributed by atoms with Gasteiger partial charge < -0.3 is 19.9 Å². The second-order valence-electron chi connectivity index (χ2n) is 9.99. The zero-order valence-electron chi connectivity index (χ0n) is 21.5. The molecule has 2 aromatic carbocycles. The third-order valence-corrected chi connectivity index (χ3v) is 7.39. The van der Waals surface area contributed by atoms with Gasteiger partial charge in [-0.1, -0.05) is 31.2 Å². The number of fused-ring (bicyclic) bond motifs is 1. The number of urea groups is 1. The molecule has 8 nitrogen and oxygen atoms in total. The van der Waals surface area contributed by atoms with Crippen molar-refractivity contribution in [1.82, 2.24) is 4.98 Å². The molecule has 8 heteroatoms. The Morgan fingerprint density at radius 3 is 2.50 bits per heavy atom. The van der Waals surface area contributed by atoms with E-state index in [1.807, 2.05) is 67.6 Å². The van der Waals surface area contributed by atoms with Gasteiger partial charge in [-0.25, -0.2) is 9.78 Å². The molecule has 5 rings (SSSR count). The lowest BCUT2D eigenvalue weighted by Gasteiger charge is -2.34. The van der Waals surface area contributed by atoms with Gasteiger partial charge in [-0.05, 0) is 73.9 Å². The Morgan fingerprint density at radius 2 is 1.82 bits per heavy atom. The molecule has 198 valence electrons. The average Bonchev–Trinajstić information content (AvgIpc) is 2.96. The molecule has 0 spiro atoms. The number of aliphatic carboxylic acids is 1. The number of rotatable bonds is 7. The van der Waals surface area contributed by atoms with Gasteiger partial charge in [-0.15, -0.1) is 0 Å². The fourth-order valence-electron chi connectivity index (χ4n) is 5.06. The summed E-state index contributed by atoms with van der Waals surface area (Å²) in [7, 11) is 0. The zero-order chi connectivity index (χ0) is 26.5. The molecule has 2 aliphatic rings. The van der Waals surface area contributed by atoms with Crippen LogP contribution in [0.3, 0.4) is 0 Å². The van der Waals surface area contributed by atoms with Crippen LogP contribution in [0.15, 0.2) is 66.9 Å². The summed E-state index contributed by atoms with van der Waals surface area (Å²) in [6.45, 7) is 3.07. The molecule has 2 amide bonds. The number of anilines is 2. The minimum atomic E-state index is -0.692. The number of amides is 2. The standard InChI is InChI=1S/C30H33N3O5/c1-2-25-18-33(30(36)32-24-6-4-3-5-7-24)26-14-12-22(16-27(26)38-25)23-13-15-28(31-17-23)37-19-20-8-10-21(11-9-20)29(34)35/h3-7,12-17,20-21,25H,2,8-11,18-19H2,1H3,(H,32,36)(H,34,35). The summed E-state index contributed by atoms with van der Waals surface area (Å²) in [5.74, 6) is 0.669. The van der Waals surface area contributed by atoms with Crippen LogP contribution in [0.5, 0.6) is 11.6 Å². The average molecular weight is 516 g/mol. The number of hydrogen-bond donors (Lipinski definition) is 2. The number of carbonyl (C=O) groups is 2. The van der Waals surface area contributed by atoms with Crippen molar-refractivity contribution in [3.8, 4) is 22.8 Å². The van der Waals surface area contributed by atoms with Gasteiger partial charge in [-0.2, -0.15) is 0 Å². The third kappa shape index (κ3) is 5.90. The maximum atomic E-state index is 13.1. The second kappa shape index (κ2) is 11.5. The smallest absolute Gasteiger partial charge is 0.326 e. The molecule has 2 heterocycles. The topological polar surface area (TPSA) is 101 Å². The Kier molecular flexibility index (Phi) is 7.77. The first-order chi connectivity index (χ1) is 18.5. The van der Waals surface area contributed by atoms with Crippen molar-refractivity contribution in [2.75, 3.05) is 23.4 Å². The number of para-hydroxylation sites is 1. The van der Waals surface area contributed by atoms with Crippen LogP contribution in [0, 0.1) is 11.8 Å². The van der Waals surface area contributed by atoms with Crippen molar-refractivity contribution in [1.29, 1.82) is 0 Å². The lowest BCUT2D eigenvalue weighted by atomic mass is 9.82. The fraction of sp³-hybridized carbons (Fsp3) is 0.367. The summed E-state index contributed by atoms with van der Waals surface area (Å²) in [6, 6.07) is 18.9. The lowest BCUT2D eigenvalue weighted by Crippen LogP contribution is -2.45. The van der Waals surface area contributed by atoms with Crippen molar-refractivity contribution >= 4 is 23.4 Å². The quantitative estimate of drug-likeness (QED) is 0.387. The van der Waals surface area contributed by atoms with Crippen LogP contribution in [0.2, 0.25) is 0 Å². The highest BCUT2D eigenvalue weighted by atomic mass is 16.5. The Labute approximate surface area is 222 Å². The van der Waals surface area contributed by atoms with E-state index in [1.165, 1.54) is 0 Å². The molecule has 0 radical (unpaired) electrons. The summed E-state index contributed by atoms with van der Waals surface area (Å²) in [5.41, 5.74) is 3.34. The number of benzene rings is 2. The predicted octanol–water partition coefficient (Wildman–Crippen LogP) is 6.23. The van der Waals surface area contributed by atoms with Crippen LogP contribution in [-0.4, -0.2) is 41.3 Å². The van der Waals surface area contributed by atoms with Gasteiger partial charge in [0.05, 0.1) is 24.8 Å². The van der Waals surface area contributed by atoms with Gasteiger partial charge in [0.25, 0.3) is 0 Å². The predicted molar refractivity (Wildman–Crippen MR) is 146 cm³/mol. The summed E-state index contributed by atoms with van der Waals surface area (Å²) in [6.07, 6.45) is 5.61. The van der Waals surface area contributed by atoms with Crippen LogP contribution >= 0.6 is 0 Å². The van der Waals surface area contributed by atoms with Gasteiger partial charge in [0.2, 0.25) is 5.88 Å². The number of carboxylic acid groups (broad SMARTS) is 1. The molecular weight excluding hydrogens is 482 g/mol. The second-order valence-corrected chi connectivity index (χ2v) is 9.99. The number of carboxylic acids is 1. The van der Waals surface area contributed by atoms with E-state index in [1.54, 1.807) is 11.1 Å². The molecule has 1 atom stereocenters. The van der Waals surface area contributed by atoms with E-state index in [0.29, 0.717) is 43.5 Å². The van der Waals surface area contributed by atoms with Crippen molar-refractivity contribution in [2.24, 2.45) is 11.8 Å². The van der Waals surface area contributed by atoms with Crippen molar-refractivity contribution in [2.45, 2.75) is 45.1 Å². The molecule has 1 fully saturated rings. The van der Waals surface area contributed by atoms with Crippen molar-refractivity contribution in [3.63, 3.8) is 0 Å². The molecule has 2 N–H and O–H groups in total. The van der Waals surface area contributed by atoms with E-state index in [2.05, 4.69) is 10.3 Å². The molecule has 0 bridgehead atoms. The van der Waals surface area contributed by atoms with Crippen molar-refractivity contribution in [3.05, 3.63) is 66.9 Å². The summed E-state index contributed by atoms with van der Waals surface area (Å²) in [5, 5.41) is 12.1. The Balaban J connectivity index is 1.25. The van der Waals surface area contributed by atoms with E-state index < -0.39 is 5.97 Å². The number of pyridine rings is 1. The van der Waals surface area contributed by atoms with E-state index in [4.69, 9.17) is 14.6 Å². The molecule has 1 aliphatic carbocycles. The maximum Gasteiger partial charge on any atom is 0.326 e. The first-order valence-corrected chi connectivity index (χ1v) is 13.3. The summed E-state index contributed by atoms with van der Waals surface area (Å²) >= 11 is 0. The fourth-order valence-corrected chi connectivity index (χ4v) is 5.06. The number of carbonyl (C=O) groups excluding carboxylic acids is 1. The van der Waals surface area contributed by atoms with Gasteiger partial charge in [0, 0.05) is 23.5 Å². The first kappa shape index (κ1) is 25.6. The van der Waals surface area contributed by atoms with Gasteiger partial charge in [0.1, 0.15) is 11.9 Å². The SMILES string of the molecule is CCC1CN(C(=O)Nc2ccccc2)c2ccc(-c3ccc(OCC4CCC(C(=O)O)CC4)nc3)cc2O1. The number of hydrogen-bond acceptors (Lipinski definition) is 5. The molecule has 1 saturated carbocycles. The molecule has 3 aromatic rings. The highest BCUT2D eigenvalue weighted by Crippen LogP contribution is 2.38. The minimum absolute atomic E-state index is 0.0984. The van der Waals surface area contributed by atoms with Crippen LogP contribution in [-0.2, 0) is 4.79 Å². The molecular formula is C30H33N3O5. The molecule has 1 aliphatic heterocycles. The van der Waals surface area contributed by atoms with Gasteiger partial charge >= 0.3 is 12.0 Å². The first-order valence-electron chi connectivity index (χ1n) is 13.3. The minimum Gasteiger partial charge on any atom is -0.486 e. The Morgan fingerprint density at radius 1 is 1.05 bits per heavy atom. The highest BCUT2D eigenvalue weighted by molar-refractivity contribution is 6.03. The Bertz CT molecular complexity index is 1260. The summed E-state index contributed by atoms with van der Waals surface area (Å²) < 4.78 is 12.1. The molecule has 0 saturated heterocycles. The molecule has 1 aromatic heterocycles. The zero-order valence-corrected chi connectivity index (χ0v) is 21.5. The Hall–Kier alpha value is -4.07. The molecule has 1 unspecified atom stereocenters. The van der Waals surface area contributed by atoms with E-state index in [0.717, 1.165) is 41.8 Å². The highest BCUT2D eigenvalue weighted by Gasteiger charge is 2.30. The van der Waals surface area contributed by atoms with Crippen LogP contribution in [0.1, 0.15) is 39.0 Å². The van der Waals surface area contributed by atoms with E-state index in [9.17, 15) is 9.59 Å². The van der Waals surface area contributed by atoms with Crippen LogP contribution in [0.25, 0.3) is 11.1 Å². The maximum absolute atomic E-state index is 13.1. The monoisotopic (exact) mass is 515 g/mol. The third-order valence-electron chi connectivity index (χ3n) is 7.39. The normalized spacial score (nSPS) is 20.7. The number of nitrogens with one attached hydrogen (secondary N) is 1. The van der Waals surface area contributed by atoms with E-state index >= 15 is 0 Å². The van der Waals surface area contributed by atoms with Gasteiger partial charge in [-0.3, -0.25) is 9.69 Å². The van der Waals surface area contributed by atoms with Gasteiger partial charge in [0.15, 0.2) is 0 Å².